The highest BCUT2D eigenvalue weighted by Crippen LogP contribution is 2.39. The molecule has 1 aromatic rings. The van der Waals surface area contributed by atoms with Crippen molar-refractivity contribution in [2.45, 2.75) is 24.5 Å². The first kappa shape index (κ1) is 13.0. The van der Waals surface area contributed by atoms with Crippen molar-refractivity contribution in [3.05, 3.63) is 22.1 Å². The summed E-state index contributed by atoms with van der Waals surface area (Å²) in [5.74, 6) is -0.750. The monoisotopic (exact) mass is 284 g/mol. The minimum atomic E-state index is -1.09. The zero-order chi connectivity index (χ0) is 14.4. The zero-order valence-corrected chi connectivity index (χ0v) is 10.4. The lowest BCUT2D eigenvalue weighted by atomic mass is 10.1. The number of aromatic nitrogens is 2. The molecule has 0 radical (unpaired) electrons. The summed E-state index contributed by atoms with van der Waals surface area (Å²) in [7, 11) is 1.17. The zero-order valence-electron chi connectivity index (χ0n) is 10.4. The Kier molecular flexibility index (Phi) is 2.96. The van der Waals surface area contributed by atoms with Crippen molar-refractivity contribution in [3.8, 4) is 6.01 Å². The van der Waals surface area contributed by atoms with Gasteiger partial charge in [0.1, 0.15) is 17.9 Å². The van der Waals surface area contributed by atoms with Crippen LogP contribution < -0.4 is 10.3 Å². The number of nitrogens with zero attached hydrogens (tertiary/aromatic N) is 2. The summed E-state index contributed by atoms with van der Waals surface area (Å²) in [5, 5.41) is 19.0. The molecule has 0 saturated carbocycles. The van der Waals surface area contributed by atoms with Gasteiger partial charge in [0.15, 0.2) is 12.3 Å². The second kappa shape index (κ2) is 4.54. The van der Waals surface area contributed by atoms with Gasteiger partial charge in [-0.05, 0) is 0 Å². The van der Waals surface area contributed by atoms with E-state index in [-0.39, 0.29) is 11.7 Å². The summed E-state index contributed by atoms with van der Waals surface area (Å²) in [6, 6.07) is 0.881. The fraction of sp³-hybridized carbons (Fsp3) is 0.545. The van der Waals surface area contributed by atoms with E-state index in [4.69, 9.17) is 14.6 Å². The van der Waals surface area contributed by atoms with Crippen LogP contribution in [0.2, 0.25) is 0 Å². The molecule has 0 aliphatic carbocycles. The molecule has 0 aromatic carbocycles. The molecule has 0 amide bonds. The predicted molar refractivity (Wildman–Crippen MR) is 61.3 cm³/mol. The maximum Gasteiger partial charge on any atom is 0.355 e. The summed E-state index contributed by atoms with van der Waals surface area (Å²) >= 11 is 0. The molecule has 0 bridgehead atoms. The number of ether oxygens (including phenoxy) is 3. The van der Waals surface area contributed by atoms with Crippen molar-refractivity contribution < 1.29 is 29.2 Å². The first-order valence-electron chi connectivity index (χ1n) is 5.89. The molecular weight excluding hydrogens is 272 g/mol. The number of carbonyl (C=O) groups excluding carboxylic acids is 1. The second-order valence-electron chi connectivity index (χ2n) is 4.44. The van der Waals surface area contributed by atoms with E-state index >= 15 is 0 Å². The van der Waals surface area contributed by atoms with E-state index in [1.807, 2.05) is 0 Å². The highest BCUT2D eigenvalue weighted by atomic mass is 16.6. The molecule has 2 aliphatic rings. The third kappa shape index (κ3) is 1.71. The van der Waals surface area contributed by atoms with Gasteiger partial charge >= 0.3 is 12.0 Å². The van der Waals surface area contributed by atoms with Crippen LogP contribution in [0.5, 0.6) is 6.01 Å². The minimum absolute atomic E-state index is 0.0826. The molecule has 1 saturated heterocycles. The summed E-state index contributed by atoms with van der Waals surface area (Å²) in [4.78, 5) is 26.8. The fourth-order valence-corrected chi connectivity index (χ4v) is 2.39. The summed E-state index contributed by atoms with van der Waals surface area (Å²) in [6.07, 6.45) is -3.61. The van der Waals surface area contributed by atoms with Crippen molar-refractivity contribution in [1.29, 1.82) is 0 Å². The number of methoxy groups -OCH3 is 1. The Bertz CT molecular complexity index is 613. The molecule has 9 heteroatoms. The Morgan fingerprint density at radius 1 is 1.60 bits per heavy atom. The Morgan fingerprint density at radius 2 is 2.35 bits per heavy atom. The van der Waals surface area contributed by atoms with E-state index in [1.165, 1.54) is 11.7 Å². The summed E-state index contributed by atoms with van der Waals surface area (Å²) in [5.41, 5.74) is -0.745. The van der Waals surface area contributed by atoms with E-state index in [2.05, 4.69) is 9.72 Å². The minimum Gasteiger partial charge on any atom is -0.464 e. The number of fused-ring (bicyclic) bond motifs is 3. The van der Waals surface area contributed by atoms with Gasteiger partial charge in [0, 0.05) is 6.07 Å². The number of carbonyl (C=O) groups is 1. The molecule has 1 aromatic heterocycles. The number of esters is 1. The number of aliphatic hydroxyl groups is 2. The molecule has 1 fully saturated rings. The van der Waals surface area contributed by atoms with Crippen LogP contribution in [0, 0.1) is 0 Å². The van der Waals surface area contributed by atoms with E-state index < -0.39 is 42.7 Å². The van der Waals surface area contributed by atoms with Crippen molar-refractivity contribution in [2.24, 2.45) is 0 Å². The summed E-state index contributed by atoms with van der Waals surface area (Å²) < 4.78 is 16.6. The van der Waals surface area contributed by atoms with E-state index in [0.29, 0.717) is 0 Å². The lowest BCUT2D eigenvalue weighted by Gasteiger charge is -2.15. The van der Waals surface area contributed by atoms with E-state index in [0.717, 1.165) is 6.07 Å². The molecule has 108 valence electrons. The van der Waals surface area contributed by atoms with Crippen LogP contribution in [0.15, 0.2) is 10.9 Å². The molecular formula is C11H12N2O7. The van der Waals surface area contributed by atoms with Crippen LogP contribution >= 0.6 is 0 Å². The van der Waals surface area contributed by atoms with Gasteiger partial charge in [-0.15, -0.1) is 0 Å². The SMILES string of the molecule is COC(=O)c1cc(=O)nc2n1C1OC(CO)C(O)C1O2. The molecule has 9 nitrogen and oxygen atoms in total. The lowest BCUT2D eigenvalue weighted by molar-refractivity contribution is -0.0443. The molecule has 20 heavy (non-hydrogen) atoms. The predicted octanol–water partition coefficient (Wildman–Crippen LogP) is -1.96. The number of hydrogen-bond donors (Lipinski definition) is 2. The smallest absolute Gasteiger partial charge is 0.355 e. The molecule has 4 unspecified atom stereocenters. The third-order valence-electron chi connectivity index (χ3n) is 3.31. The standard InChI is InChI=1S/C11H12N2O7/c1-18-10(17)4-2-6(15)12-11-13(4)9-8(20-11)7(16)5(3-14)19-9/h2,5,7-9,14,16H,3H2,1H3. The van der Waals surface area contributed by atoms with Crippen molar-refractivity contribution in [2.75, 3.05) is 13.7 Å². The van der Waals surface area contributed by atoms with Crippen molar-refractivity contribution in [1.82, 2.24) is 9.55 Å². The van der Waals surface area contributed by atoms with Gasteiger partial charge in [0.2, 0.25) is 0 Å². The average molecular weight is 284 g/mol. The summed E-state index contributed by atoms with van der Waals surface area (Å²) in [6.45, 7) is -0.395. The Labute approximate surface area is 112 Å². The van der Waals surface area contributed by atoms with Gasteiger partial charge < -0.3 is 24.4 Å². The van der Waals surface area contributed by atoms with Crippen LogP contribution in [0.4, 0.5) is 0 Å². The number of aliphatic hydroxyl groups excluding tert-OH is 2. The van der Waals surface area contributed by atoms with Gasteiger partial charge in [-0.1, -0.05) is 0 Å². The Morgan fingerprint density at radius 3 is 3.00 bits per heavy atom. The first-order valence-corrected chi connectivity index (χ1v) is 5.89. The highest BCUT2D eigenvalue weighted by Gasteiger charge is 2.52. The van der Waals surface area contributed by atoms with Gasteiger partial charge in [-0.2, -0.15) is 4.98 Å². The lowest BCUT2D eigenvalue weighted by Crippen LogP contribution is -2.34. The van der Waals surface area contributed by atoms with Crippen LogP contribution in [0.3, 0.4) is 0 Å². The molecule has 2 aliphatic heterocycles. The van der Waals surface area contributed by atoms with Gasteiger partial charge in [0.25, 0.3) is 5.56 Å². The fourth-order valence-electron chi connectivity index (χ4n) is 2.39. The van der Waals surface area contributed by atoms with Crippen LogP contribution in [-0.2, 0) is 9.47 Å². The van der Waals surface area contributed by atoms with Crippen LogP contribution in [0.25, 0.3) is 0 Å². The number of hydrogen-bond acceptors (Lipinski definition) is 8. The maximum atomic E-state index is 11.7. The van der Waals surface area contributed by atoms with Crippen LogP contribution in [-0.4, -0.2) is 57.8 Å². The van der Waals surface area contributed by atoms with E-state index in [9.17, 15) is 14.7 Å². The van der Waals surface area contributed by atoms with Crippen molar-refractivity contribution in [3.63, 3.8) is 0 Å². The average Bonchev–Trinajstić information content (AvgIpc) is 2.93. The normalized spacial score (nSPS) is 30.6. The topological polar surface area (TPSA) is 120 Å². The molecule has 3 rings (SSSR count). The van der Waals surface area contributed by atoms with Gasteiger partial charge in [0.05, 0.1) is 13.7 Å². The van der Waals surface area contributed by atoms with Gasteiger partial charge in [-0.3, -0.25) is 9.36 Å². The Hall–Kier alpha value is -1.97. The Balaban J connectivity index is 2.09. The molecule has 3 heterocycles. The largest absolute Gasteiger partial charge is 0.464 e. The van der Waals surface area contributed by atoms with Crippen molar-refractivity contribution >= 4 is 5.97 Å². The maximum absolute atomic E-state index is 11.7. The number of rotatable bonds is 2. The highest BCUT2D eigenvalue weighted by molar-refractivity contribution is 5.87. The first-order chi connectivity index (χ1) is 9.56. The molecule has 0 spiro atoms. The van der Waals surface area contributed by atoms with Gasteiger partial charge in [-0.25, -0.2) is 4.79 Å². The quantitative estimate of drug-likeness (QED) is 0.601. The third-order valence-corrected chi connectivity index (χ3v) is 3.31. The van der Waals surface area contributed by atoms with E-state index in [1.54, 1.807) is 0 Å². The van der Waals surface area contributed by atoms with Crippen LogP contribution in [0.1, 0.15) is 16.7 Å². The molecule has 4 atom stereocenters. The second-order valence-corrected chi connectivity index (χ2v) is 4.44. The molecule has 2 N–H and O–H groups in total.